The first-order chi connectivity index (χ1) is 9.49. The summed E-state index contributed by atoms with van der Waals surface area (Å²) in [7, 11) is -3.87. The van der Waals surface area contributed by atoms with Crippen LogP contribution in [0.25, 0.3) is 10.9 Å². The van der Waals surface area contributed by atoms with Gasteiger partial charge in [0.15, 0.2) is 0 Å². The molecule has 0 saturated heterocycles. The minimum Gasteiger partial charge on any atom is -0.493 e. The molecule has 0 aliphatic heterocycles. The summed E-state index contributed by atoms with van der Waals surface area (Å²) in [5.41, 5.74) is 0.674. The van der Waals surface area contributed by atoms with Crippen LogP contribution in [0.2, 0.25) is 0 Å². The van der Waals surface area contributed by atoms with Gasteiger partial charge in [0.05, 0.1) is 24.2 Å². The molecular weight excluding hydrogens is 283 g/mol. The third kappa shape index (κ3) is 2.78. The van der Waals surface area contributed by atoms with E-state index in [0.717, 1.165) is 0 Å². The van der Waals surface area contributed by atoms with E-state index in [1.807, 2.05) is 6.92 Å². The maximum atomic E-state index is 12.3. The van der Waals surface area contributed by atoms with Crippen LogP contribution in [0.1, 0.15) is 13.3 Å². The molecule has 0 aliphatic carbocycles. The first-order valence-electron chi connectivity index (χ1n) is 6.32. The number of halogens is 1. The molecule has 20 heavy (non-hydrogen) atoms. The molecular formula is C13H17FN2O3S. The fraction of sp³-hybridized carbons (Fsp3) is 0.385. The van der Waals surface area contributed by atoms with Crippen LogP contribution in [0.5, 0.6) is 5.75 Å². The number of primary sulfonamides is 1. The van der Waals surface area contributed by atoms with E-state index in [1.54, 1.807) is 22.8 Å². The SMILES string of the molecule is CCOc1cccc2c1c(S(N)(=O)=O)cn2CCCF. The number of nitrogens with zero attached hydrogens (tertiary/aromatic N) is 1. The smallest absolute Gasteiger partial charge is 0.240 e. The van der Waals surface area contributed by atoms with Gasteiger partial charge in [0.2, 0.25) is 10.0 Å². The summed E-state index contributed by atoms with van der Waals surface area (Å²) in [5.74, 6) is 0.466. The minimum absolute atomic E-state index is 0.00964. The van der Waals surface area contributed by atoms with Crippen molar-refractivity contribution in [3.63, 3.8) is 0 Å². The molecule has 0 bridgehead atoms. The van der Waals surface area contributed by atoms with Gasteiger partial charge in [-0.3, -0.25) is 4.39 Å². The minimum atomic E-state index is -3.87. The van der Waals surface area contributed by atoms with Gasteiger partial charge in [0.1, 0.15) is 10.6 Å². The highest BCUT2D eigenvalue weighted by molar-refractivity contribution is 7.89. The quantitative estimate of drug-likeness (QED) is 0.887. The van der Waals surface area contributed by atoms with Gasteiger partial charge in [0, 0.05) is 12.7 Å². The van der Waals surface area contributed by atoms with Crippen LogP contribution < -0.4 is 9.88 Å². The number of aryl methyl sites for hydroxylation is 1. The Kier molecular flexibility index (Phi) is 4.29. The molecule has 2 N–H and O–H groups in total. The van der Waals surface area contributed by atoms with Crippen LogP contribution in [-0.4, -0.2) is 26.3 Å². The zero-order valence-corrected chi connectivity index (χ0v) is 12.0. The molecule has 7 heteroatoms. The van der Waals surface area contributed by atoms with E-state index >= 15 is 0 Å². The van der Waals surface area contributed by atoms with Gasteiger partial charge in [-0.1, -0.05) is 6.07 Å². The molecule has 1 aromatic heterocycles. The Labute approximate surface area is 117 Å². The normalized spacial score (nSPS) is 11.9. The number of nitrogens with two attached hydrogens (primary N) is 1. The standard InChI is InChI=1S/C13H17FN2O3S/c1-2-19-11-6-3-5-10-13(11)12(20(15,17)18)9-16(10)8-4-7-14/h3,5-6,9H,2,4,7-8H2,1H3,(H2,15,17,18). The summed E-state index contributed by atoms with van der Waals surface area (Å²) in [5, 5.41) is 5.71. The van der Waals surface area contributed by atoms with Crippen molar-refractivity contribution in [3.05, 3.63) is 24.4 Å². The average Bonchev–Trinajstić information content (AvgIpc) is 2.76. The average molecular weight is 300 g/mol. The van der Waals surface area contributed by atoms with E-state index in [-0.39, 0.29) is 4.90 Å². The molecule has 0 atom stereocenters. The number of aromatic nitrogens is 1. The third-order valence-electron chi connectivity index (χ3n) is 2.97. The summed E-state index contributed by atoms with van der Waals surface area (Å²) in [6.07, 6.45) is 1.75. The summed E-state index contributed by atoms with van der Waals surface area (Å²) in [4.78, 5) is 0.00964. The highest BCUT2D eigenvalue weighted by Crippen LogP contribution is 2.33. The molecule has 2 rings (SSSR count). The fourth-order valence-corrected chi connectivity index (χ4v) is 2.95. The van der Waals surface area contributed by atoms with Gasteiger partial charge in [0.25, 0.3) is 0 Å². The Morgan fingerprint density at radius 2 is 2.15 bits per heavy atom. The number of fused-ring (bicyclic) bond motifs is 1. The number of hydrogen-bond acceptors (Lipinski definition) is 3. The Bertz CT molecular complexity index is 710. The van der Waals surface area contributed by atoms with E-state index in [9.17, 15) is 12.8 Å². The molecule has 0 radical (unpaired) electrons. The topological polar surface area (TPSA) is 74.3 Å². The van der Waals surface area contributed by atoms with E-state index in [4.69, 9.17) is 9.88 Å². The van der Waals surface area contributed by atoms with Crippen molar-refractivity contribution in [2.24, 2.45) is 5.14 Å². The molecule has 0 fully saturated rings. The predicted molar refractivity (Wildman–Crippen MR) is 75.1 cm³/mol. The summed E-state index contributed by atoms with van der Waals surface area (Å²) in [6.45, 7) is 2.15. The van der Waals surface area contributed by atoms with Crippen molar-refractivity contribution >= 4 is 20.9 Å². The van der Waals surface area contributed by atoms with Crippen LogP contribution in [0.4, 0.5) is 4.39 Å². The second kappa shape index (κ2) is 5.80. The maximum Gasteiger partial charge on any atom is 0.240 e. The molecule has 0 saturated carbocycles. The monoisotopic (exact) mass is 300 g/mol. The van der Waals surface area contributed by atoms with Gasteiger partial charge in [-0.05, 0) is 25.5 Å². The summed E-state index contributed by atoms with van der Waals surface area (Å²) >= 11 is 0. The highest BCUT2D eigenvalue weighted by Gasteiger charge is 2.20. The zero-order chi connectivity index (χ0) is 14.8. The van der Waals surface area contributed by atoms with Gasteiger partial charge >= 0.3 is 0 Å². The molecule has 0 aliphatic rings. The molecule has 0 amide bonds. The maximum absolute atomic E-state index is 12.3. The van der Waals surface area contributed by atoms with Crippen molar-refractivity contribution in [2.45, 2.75) is 24.8 Å². The van der Waals surface area contributed by atoms with E-state index in [1.165, 1.54) is 6.20 Å². The molecule has 1 aromatic carbocycles. The van der Waals surface area contributed by atoms with Crippen molar-refractivity contribution in [1.82, 2.24) is 4.57 Å². The second-order valence-electron chi connectivity index (χ2n) is 4.36. The highest BCUT2D eigenvalue weighted by atomic mass is 32.2. The van der Waals surface area contributed by atoms with E-state index < -0.39 is 16.7 Å². The number of sulfonamides is 1. The number of alkyl halides is 1. The third-order valence-corrected chi connectivity index (χ3v) is 3.89. The number of ether oxygens (including phenoxy) is 1. The fourth-order valence-electron chi connectivity index (χ4n) is 2.19. The zero-order valence-electron chi connectivity index (χ0n) is 11.2. The molecule has 110 valence electrons. The van der Waals surface area contributed by atoms with Crippen molar-refractivity contribution in [2.75, 3.05) is 13.3 Å². The summed E-state index contributed by atoms with van der Waals surface area (Å²) in [6, 6.07) is 5.23. The van der Waals surface area contributed by atoms with Crippen LogP contribution >= 0.6 is 0 Å². The van der Waals surface area contributed by atoms with Crippen molar-refractivity contribution in [3.8, 4) is 5.75 Å². The molecule has 0 unspecified atom stereocenters. The second-order valence-corrected chi connectivity index (χ2v) is 5.89. The van der Waals surface area contributed by atoms with Gasteiger partial charge in [-0.15, -0.1) is 0 Å². The number of hydrogen-bond donors (Lipinski definition) is 1. The van der Waals surface area contributed by atoms with Crippen LogP contribution in [0, 0.1) is 0 Å². The lowest BCUT2D eigenvalue weighted by Crippen LogP contribution is -2.12. The first kappa shape index (κ1) is 14.8. The number of benzene rings is 1. The molecule has 2 aromatic rings. The predicted octanol–water partition coefficient (Wildman–Crippen LogP) is 2.05. The van der Waals surface area contributed by atoms with E-state index in [2.05, 4.69) is 0 Å². The van der Waals surface area contributed by atoms with Crippen molar-refractivity contribution < 1.29 is 17.5 Å². The lowest BCUT2D eigenvalue weighted by atomic mass is 10.2. The number of rotatable bonds is 6. The van der Waals surface area contributed by atoms with Crippen LogP contribution in [0.15, 0.2) is 29.3 Å². The molecule has 0 spiro atoms. The Hall–Kier alpha value is -1.60. The van der Waals surface area contributed by atoms with Crippen LogP contribution in [-0.2, 0) is 16.6 Å². The lowest BCUT2D eigenvalue weighted by molar-refractivity contribution is 0.344. The summed E-state index contributed by atoms with van der Waals surface area (Å²) < 4.78 is 42.9. The lowest BCUT2D eigenvalue weighted by Gasteiger charge is -2.07. The Morgan fingerprint density at radius 3 is 2.75 bits per heavy atom. The van der Waals surface area contributed by atoms with Crippen LogP contribution in [0.3, 0.4) is 0 Å². The van der Waals surface area contributed by atoms with E-state index in [0.29, 0.717) is 36.2 Å². The van der Waals surface area contributed by atoms with Crippen molar-refractivity contribution in [1.29, 1.82) is 0 Å². The molecule has 1 heterocycles. The van der Waals surface area contributed by atoms with Gasteiger partial charge in [-0.2, -0.15) is 0 Å². The van der Waals surface area contributed by atoms with Gasteiger partial charge < -0.3 is 9.30 Å². The first-order valence-corrected chi connectivity index (χ1v) is 7.87. The Balaban J connectivity index is 2.70. The Morgan fingerprint density at radius 1 is 1.40 bits per heavy atom. The largest absolute Gasteiger partial charge is 0.493 e. The van der Waals surface area contributed by atoms with Gasteiger partial charge in [-0.25, -0.2) is 13.6 Å². The molecule has 5 nitrogen and oxygen atoms in total.